The van der Waals surface area contributed by atoms with Gasteiger partial charge in [0, 0.05) is 16.7 Å². The van der Waals surface area contributed by atoms with Crippen LogP contribution in [0.4, 0.5) is 0 Å². The molecule has 0 bridgehead atoms. The van der Waals surface area contributed by atoms with Crippen molar-refractivity contribution in [3.05, 3.63) is 42.5 Å². The number of rotatable bonds is 6. The van der Waals surface area contributed by atoms with Gasteiger partial charge in [-0.25, -0.2) is 0 Å². The fraction of sp³-hybridized carbons (Fsp3) is 0.357. The van der Waals surface area contributed by atoms with Crippen molar-refractivity contribution in [3.8, 4) is 0 Å². The molecule has 1 aromatic carbocycles. The zero-order valence-corrected chi connectivity index (χ0v) is 11.2. The van der Waals surface area contributed by atoms with Gasteiger partial charge in [0.2, 0.25) is 5.91 Å². The molecule has 1 rings (SSSR count). The number of carbonyl (C=O) groups excluding carboxylic acids is 1. The SMILES string of the molecule is C=CCNC(=O)Cc1ccc(SC(C)C)cc1. The minimum Gasteiger partial charge on any atom is -0.352 e. The Labute approximate surface area is 107 Å². The molecule has 0 aliphatic rings. The maximum Gasteiger partial charge on any atom is 0.224 e. The molecule has 0 atom stereocenters. The lowest BCUT2D eigenvalue weighted by molar-refractivity contribution is -0.120. The predicted octanol–water partition coefficient (Wildman–Crippen LogP) is 3.03. The van der Waals surface area contributed by atoms with E-state index in [-0.39, 0.29) is 5.91 Å². The molecule has 0 heterocycles. The van der Waals surface area contributed by atoms with E-state index in [1.54, 1.807) is 6.08 Å². The predicted molar refractivity (Wildman–Crippen MR) is 74.3 cm³/mol. The number of thioether (sulfide) groups is 1. The molecule has 0 saturated heterocycles. The summed E-state index contributed by atoms with van der Waals surface area (Å²) in [6, 6.07) is 8.16. The lowest BCUT2D eigenvalue weighted by atomic mass is 10.1. The van der Waals surface area contributed by atoms with E-state index >= 15 is 0 Å². The quantitative estimate of drug-likeness (QED) is 0.620. The number of carbonyl (C=O) groups is 1. The lowest BCUT2D eigenvalue weighted by Crippen LogP contribution is -2.24. The number of hydrogen-bond acceptors (Lipinski definition) is 2. The molecule has 0 aliphatic carbocycles. The third kappa shape index (κ3) is 5.59. The maximum atomic E-state index is 11.5. The fourth-order valence-electron chi connectivity index (χ4n) is 1.39. The highest BCUT2D eigenvalue weighted by Gasteiger charge is 2.03. The average Bonchev–Trinajstić information content (AvgIpc) is 2.28. The van der Waals surface area contributed by atoms with Crippen LogP contribution in [-0.2, 0) is 11.2 Å². The second-order valence-corrected chi connectivity index (χ2v) is 5.73. The van der Waals surface area contributed by atoms with Crippen LogP contribution in [-0.4, -0.2) is 17.7 Å². The average molecular weight is 249 g/mol. The third-order valence-electron chi connectivity index (χ3n) is 2.10. The van der Waals surface area contributed by atoms with Crippen molar-refractivity contribution in [2.75, 3.05) is 6.54 Å². The molecular formula is C14H19NOS. The molecule has 0 saturated carbocycles. The monoisotopic (exact) mass is 249 g/mol. The molecule has 0 aliphatic heterocycles. The molecule has 1 aromatic rings. The van der Waals surface area contributed by atoms with Crippen LogP contribution in [0.3, 0.4) is 0 Å². The third-order valence-corrected chi connectivity index (χ3v) is 3.12. The van der Waals surface area contributed by atoms with E-state index in [0.29, 0.717) is 18.2 Å². The van der Waals surface area contributed by atoms with Gasteiger partial charge in [-0.05, 0) is 17.7 Å². The van der Waals surface area contributed by atoms with E-state index in [9.17, 15) is 4.79 Å². The summed E-state index contributed by atoms with van der Waals surface area (Å²) in [5.41, 5.74) is 1.04. The van der Waals surface area contributed by atoms with Crippen molar-refractivity contribution >= 4 is 17.7 Å². The molecule has 0 aromatic heterocycles. The molecule has 0 fully saturated rings. The Morgan fingerprint density at radius 1 is 1.41 bits per heavy atom. The molecule has 3 heteroatoms. The van der Waals surface area contributed by atoms with Gasteiger partial charge in [-0.15, -0.1) is 18.3 Å². The van der Waals surface area contributed by atoms with Gasteiger partial charge in [-0.1, -0.05) is 32.1 Å². The van der Waals surface area contributed by atoms with Crippen LogP contribution in [0, 0.1) is 0 Å². The lowest BCUT2D eigenvalue weighted by Gasteiger charge is -2.06. The second-order valence-electron chi connectivity index (χ2n) is 4.08. The Morgan fingerprint density at radius 3 is 2.59 bits per heavy atom. The van der Waals surface area contributed by atoms with Crippen LogP contribution in [0.1, 0.15) is 19.4 Å². The standard InChI is InChI=1S/C14H19NOS/c1-4-9-15-14(16)10-12-5-7-13(8-6-12)17-11(2)3/h4-8,11H,1,9-10H2,2-3H3,(H,15,16). The highest BCUT2D eigenvalue weighted by atomic mass is 32.2. The van der Waals surface area contributed by atoms with Crippen LogP contribution < -0.4 is 5.32 Å². The van der Waals surface area contributed by atoms with Crippen LogP contribution in [0.15, 0.2) is 41.8 Å². The van der Waals surface area contributed by atoms with E-state index in [4.69, 9.17) is 0 Å². The van der Waals surface area contributed by atoms with Gasteiger partial charge in [-0.2, -0.15) is 0 Å². The topological polar surface area (TPSA) is 29.1 Å². The largest absolute Gasteiger partial charge is 0.352 e. The van der Waals surface area contributed by atoms with Gasteiger partial charge in [0.15, 0.2) is 0 Å². The smallest absolute Gasteiger partial charge is 0.224 e. The molecule has 92 valence electrons. The first-order valence-corrected chi connectivity index (χ1v) is 6.63. The Bertz CT molecular complexity index is 370. The van der Waals surface area contributed by atoms with E-state index < -0.39 is 0 Å². The van der Waals surface area contributed by atoms with Crippen molar-refractivity contribution < 1.29 is 4.79 Å². The summed E-state index contributed by atoms with van der Waals surface area (Å²) in [6.07, 6.45) is 2.11. The van der Waals surface area contributed by atoms with Crippen LogP contribution in [0.5, 0.6) is 0 Å². The van der Waals surface area contributed by atoms with Crippen molar-refractivity contribution in [3.63, 3.8) is 0 Å². The summed E-state index contributed by atoms with van der Waals surface area (Å²) in [7, 11) is 0. The van der Waals surface area contributed by atoms with Gasteiger partial charge < -0.3 is 5.32 Å². The Morgan fingerprint density at radius 2 is 2.06 bits per heavy atom. The summed E-state index contributed by atoms with van der Waals surface area (Å²) < 4.78 is 0. The molecule has 1 amide bonds. The highest BCUT2D eigenvalue weighted by molar-refractivity contribution is 7.99. The summed E-state index contributed by atoms with van der Waals surface area (Å²) in [5, 5.41) is 3.35. The molecule has 0 unspecified atom stereocenters. The fourth-order valence-corrected chi connectivity index (χ4v) is 2.23. The van der Waals surface area contributed by atoms with E-state index in [2.05, 4.69) is 37.9 Å². The van der Waals surface area contributed by atoms with Crippen molar-refractivity contribution in [2.24, 2.45) is 0 Å². The molecule has 1 N–H and O–H groups in total. The van der Waals surface area contributed by atoms with E-state index in [1.807, 2.05) is 23.9 Å². The highest BCUT2D eigenvalue weighted by Crippen LogP contribution is 2.22. The normalized spacial score (nSPS) is 10.3. The second kappa shape index (κ2) is 7.17. The van der Waals surface area contributed by atoms with Gasteiger partial charge in [0.1, 0.15) is 0 Å². The summed E-state index contributed by atoms with van der Waals surface area (Å²) in [6.45, 7) is 8.43. The minimum absolute atomic E-state index is 0.0363. The molecule has 0 radical (unpaired) electrons. The Balaban J connectivity index is 2.50. The van der Waals surface area contributed by atoms with Crippen LogP contribution >= 0.6 is 11.8 Å². The minimum atomic E-state index is 0.0363. The van der Waals surface area contributed by atoms with E-state index in [1.165, 1.54) is 4.90 Å². The number of amides is 1. The van der Waals surface area contributed by atoms with Crippen molar-refractivity contribution in [1.29, 1.82) is 0 Å². The Kier molecular flexibility index (Phi) is 5.84. The van der Waals surface area contributed by atoms with Gasteiger partial charge >= 0.3 is 0 Å². The zero-order chi connectivity index (χ0) is 12.7. The van der Waals surface area contributed by atoms with Crippen molar-refractivity contribution in [2.45, 2.75) is 30.4 Å². The van der Waals surface area contributed by atoms with Gasteiger partial charge in [0.25, 0.3) is 0 Å². The Hall–Kier alpha value is -1.22. The summed E-state index contributed by atoms with van der Waals surface area (Å²) in [5.74, 6) is 0.0363. The number of benzene rings is 1. The first kappa shape index (κ1) is 13.8. The van der Waals surface area contributed by atoms with E-state index in [0.717, 1.165) is 5.56 Å². The van der Waals surface area contributed by atoms with Crippen LogP contribution in [0.2, 0.25) is 0 Å². The summed E-state index contributed by atoms with van der Waals surface area (Å²) in [4.78, 5) is 12.7. The first-order chi connectivity index (χ1) is 8.11. The van der Waals surface area contributed by atoms with Gasteiger partial charge in [-0.3, -0.25) is 4.79 Å². The van der Waals surface area contributed by atoms with Crippen LogP contribution in [0.25, 0.3) is 0 Å². The molecule has 0 spiro atoms. The van der Waals surface area contributed by atoms with Crippen molar-refractivity contribution in [1.82, 2.24) is 5.32 Å². The molecular weight excluding hydrogens is 230 g/mol. The number of hydrogen-bond donors (Lipinski definition) is 1. The first-order valence-electron chi connectivity index (χ1n) is 5.75. The van der Waals surface area contributed by atoms with Gasteiger partial charge in [0.05, 0.1) is 6.42 Å². The zero-order valence-electron chi connectivity index (χ0n) is 10.4. The molecule has 2 nitrogen and oxygen atoms in total. The summed E-state index contributed by atoms with van der Waals surface area (Å²) >= 11 is 1.83. The molecule has 17 heavy (non-hydrogen) atoms. The maximum absolute atomic E-state index is 11.5. The number of nitrogens with one attached hydrogen (secondary N) is 1.